The van der Waals surface area contributed by atoms with Gasteiger partial charge in [0.25, 0.3) is 0 Å². The summed E-state index contributed by atoms with van der Waals surface area (Å²) in [6, 6.07) is 0.0765. The van der Waals surface area contributed by atoms with E-state index in [9.17, 15) is 4.79 Å². The predicted molar refractivity (Wildman–Crippen MR) is 79.8 cm³/mol. The van der Waals surface area contributed by atoms with Gasteiger partial charge < -0.3 is 10.6 Å². The number of hydrogen-bond donors (Lipinski definition) is 1. The number of likely N-dealkylation sites (N-methyl/N-ethyl adjacent to an activating group) is 1. The van der Waals surface area contributed by atoms with E-state index < -0.39 is 0 Å². The monoisotopic (exact) mass is 272 g/mol. The van der Waals surface area contributed by atoms with Crippen molar-refractivity contribution in [2.45, 2.75) is 63.8 Å². The number of hydrogen-bond acceptors (Lipinski definition) is 3. The van der Waals surface area contributed by atoms with Crippen LogP contribution in [0.3, 0.4) is 0 Å². The molecular formula is C14H28N2OS. The lowest BCUT2D eigenvalue weighted by Crippen LogP contribution is -2.46. The summed E-state index contributed by atoms with van der Waals surface area (Å²) in [4.78, 5) is 14.1. The number of nitrogens with two attached hydrogens (primary N) is 1. The second-order valence-corrected chi connectivity index (χ2v) is 7.31. The molecule has 0 aromatic carbocycles. The van der Waals surface area contributed by atoms with Gasteiger partial charge in [0, 0.05) is 18.3 Å². The number of nitrogens with zero attached hydrogens (tertiary/aromatic N) is 1. The largest absolute Gasteiger partial charge is 0.341 e. The first-order valence-electron chi connectivity index (χ1n) is 7.09. The topological polar surface area (TPSA) is 46.3 Å². The van der Waals surface area contributed by atoms with Gasteiger partial charge in [0.15, 0.2) is 0 Å². The molecule has 1 saturated carbocycles. The zero-order valence-corrected chi connectivity index (χ0v) is 13.0. The minimum Gasteiger partial charge on any atom is -0.341 e. The first-order chi connectivity index (χ1) is 8.45. The summed E-state index contributed by atoms with van der Waals surface area (Å²) < 4.78 is 0. The maximum absolute atomic E-state index is 12.2. The van der Waals surface area contributed by atoms with E-state index in [0.717, 1.165) is 24.5 Å². The number of thioether (sulfide) groups is 1. The third kappa shape index (κ3) is 4.47. The Morgan fingerprint density at radius 1 is 1.44 bits per heavy atom. The minimum absolute atomic E-state index is 0.121. The molecule has 0 radical (unpaired) electrons. The van der Waals surface area contributed by atoms with Gasteiger partial charge in [-0.2, -0.15) is 11.8 Å². The van der Waals surface area contributed by atoms with E-state index in [-0.39, 0.29) is 11.9 Å². The van der Waals surface area contributed by atoms with Crippen LogP contribution in [0.5, 0.6) is 0 Å². The van der Waals surface area contributed by atoms with Gasteiger partial charge in [-0.25, -0.2) is 0 Å². The van der Waals surface area contributed by atoms with Gasteiger partial charge in [-0.1, -0.05) is 20.8 Å². The summed E-state index contributed by atoms with van der Waals surface area (Å²) in [6.07, 6.45) is 4.28. The van der Waals surface area contributed by atoms with Crippen molar-refractivity contribution >= 4 is 17.7 Å². The molecule has 1 rings (SSSR count). The highest BCUT2D eigenvalue weighted by Crippen LogP contribution is 2.32. The SMILES string of the molecule is CCSC1CCC(N(C)C(=O)[C@@H](N)CC(C)C)C1. The van der Waals surface area contributed by atoms with E-state index in [1.165, 1.54) is 12.2 Å². The normalized spacial score (nSPS) is 25.4. The van der Waals surface area contributed by atoms with E-state index in [1.54, 1.807) is 0 Å². The van der Waals surface area contributed by atoms with Crippen LogP contribution in [0.1, 0.15) is 46.5 Å². The van der Waals surface area contributed by atoms with Gasteiger partial charge in [0.1, 0.15) is 0 Å². The van der Waals surface area contributed by atoms with Crippen LogP contribution in [0.4, 0.5) is 0 Å². The third-order valence-electron chi connectivity index (χ3n) is 3.70. The molecule has 0 bridgehead atoms. The first-order valence-corrected chi connectivity index (χ1v) is 8.14. The molecule has 3 atom stereocenters. The fourth-order valence-electron chi connectivity index (χ4n) is 2.71. The van der Waals surface area contributed by atoms with Crippen molar-refractivity contribution in [3.05, 3.63) is 0 Å². The number of amides is 1. The summed E-state index contributed by atoms with van der Waals surface area (Å²) in [6.45, 7) is 6.42. The Morgan fingerprint density at radius 3 is 2.67 bits per heavy atom. The van der Waals surface area contributed by atoms with Crippen LogP contribution in [-0.4, -0.2) is 40.9 Å². The second kappa shape index (κ2) is 7.39. The Balaban J connectivity index is 2.44. The average Bonchev–Trinajstić information content (AvgIpc) is 2.75. The van der Waals surface area contributed by atoms with Crippen molar-refractivity contribution in [1.82, 2.24) is 4.90 Å². The van der Waals surface area contributed by atoms with E-state index in [2.05, 4.69) is 20.8 Å². The lowest BCUT2D eigenvalue weighted by atomic mass is 10.0. The molecule has 106 valence electrons. The summed E-state index contributed by atoms with van der Waals surface area (Å²) in [5.74, 6) is 1.77. The van der Waals surface area contributed by atoms with Crippen molar-refractivity contribution < 1.29 is 4.79 Å². The first kappa shape index (κ1) is 15.8. The van der Waals surface area contributed by atoms with Gasteiger partial charge in [-0.15, -0.1) is 0 Å². The van der Waals surface area contributed by atoms with Crippen LogP contribution in [0.25, 0.3) is 0 Å². The van der Waals surface area contributed by atoms with Crippen LogP contribution in [-0.2, 0) is 4.79 Å². The van der Waals surface area contributed by atoms with E-state index in [1.807, 2.05) is 23.7 Å². The molecule has 0 heterocycles. The van der Waals surface area contributed by atoms with E-state index in [0.29, 0.717) is 12.0 Å². The smallest absolute Gasteiger partial charge is 0.239 e. The zero-order chi connectivity index (χ0) is 13.7. The van der Waals surface area contributed by atoms with Gasteiger partial charge >= 0.3 is 0 Å². The molecule has 1 amide bonds. The van der Waals surface area contributed by atoms with E-state index >= 15 is 0 Å². The maximum atomic E-state index is 12.2. The Morgan fingerprint density at radius 2 is 2.11 bits per heavy atom. The zero-order valence-electron chi connectivity index (χ0n) is 12.2. The van der Waals surface area contributed by atoms with Crippen LogP contribution >= 0.6 is 11.8 Å². The van der Waals surface area contributed by atoms with Gasteiger partial charge in [0.2, 0.25) is 5.91 Å². The van der Waals surface area contributed by atoms with Crippen LogP contribution in [0, 0.1) is 5.92 Å². The maximum Gasteiger partial charge on any atom is 0.239 e. The van der Waals surface area contributed by atoms with E-state index in [4.69, 9.17) is 5.73 Å². The molecule has 0 saturated heterocycles. The predicted octanol–water partition coefficient (Wildman–Crippen LogP) is 2.49. The molecule has 1 fully saturated rings. The minimum atomic E-state index is -0.326. The molecule has 4 heteroatoms. The Labute approximate surface area is 116 Å². The Hall–Kier alpha value is -0.220. The fourth-order valence-corrected chi connectivity index (χ4v) is 3.84. The molecule has 1 aliphatic carbocycles. The van der Waals surface area contributed by atoms with Gasteiger partial charge in [0.05, 0.1) is 6.04 Å². The van der Waals surface area contributed by atoms with Crippen LogP contribution in [0.2, 0.25) is 0 Å². The number of carbonyl (C=O) groups is 1. The third-order valence-corrected chi connectivity index (χ3v) is 4.93. The highest BCUT2D eigenvalue weighted by molar-refractivity contribution is 7.99. The average molecular weight is 272 g/mol. The second-order valence-electron chi connectivity index (χ2n) is 5.73. The highest BCUT2D eigenvalue weighted by atomic mass is 32.2. The lowest BCUT2D eigenvalue weighted by molar-refractivity contribution is -0.133. The molecule has 0 aliphatic heterocycles. The van der Waals surface area contributed by atoms with Gasteiger partial charge in [-0.3, -0.25) is 4.79 Å². The molecule has 1 aliphatic rings. The summed E-state index contributed by atoms with van der Waals surface area (Å²) in [5, 5.41) is 0.733. The highest BCUT2D eigenvalue weighted by Gasteiger charge is 2.31. The molecule has 2 N–H and O–H groups in total. The number of carbonyl (C=O) groups excluding carboxylic acids is 1. The van der Waals surface area contributed by atoms with Gasteiger partial charge in [-0.05, 0) is 37.4 Å². The number of rotatable bonds is 6. The van der Waals surface area contributed by atoms with Crippen LogP contribution < -0.4 is 5.73 Å². The van der Waals surface area contributed by atoms with Crippen molar-refractivity contribution in [3.63, 3.8) is 0 Å². The molecule has 18 heavy (non-hydrogen) atoms. The summed E-state index contributed by atoms with van der Waals surface area (Å²) >= 11 is 2.02. The Kier molecular flexibility index (Phi) is 6.50. The lowest BCUT2D eigenvalue weighted by Gasteiger charge is -2.28. The molecular weight excluding hydrogens is 244 g/mol. The molecule has 0 spiro atoms. The molecule has 0 aromatic heterocycles. The van der Waals surface area contributed by atoms with Crippen molar-refractivity contribution in [2.24, 2.45) is 11.7 Å². The summed E-state index contributed by atoms with van der Waals surface area (Å²) in [5.41, 5.74) is 5.98. The van der Waals surface area contributed by atoms with Crippen LogP contribution in [0.15, 0.2) is 0 Å². The van der Waals surface area contributed by atoms with Crippen molar-refractivity contribution in [1.29, 1.82) is 0 Å². The molecule has 0 aromatic rings. The van der Waals surface area contributed by atoms with Crippen molar-refractivity contribution in [3.8, 4) is 0 Å². The summed E-state index contributed by atoms with van der Waals surface area (Å²) in [7, 11) is 1.92. The molecule has 3 nitrogen and oxygen atoms in total. The fraction of sp³-hybridized carbons (Fsp3) is 0.929. The Bertz CT molecular complexity index is 271. The quantitative estimate of drug-likeness (QED) is 0.808. The van der Waals surface area contributed by atoms with Crippen molar-refractivity contribution in [2.75, 3.05) is 12.8 Å². The molecule has 2 unspecified atom stereocenters. The standard InChI is InChI=1S/C14H28N2OS/c1-5-18-12-7-6-11(9-12)16(4)14(17)13(15)8-10(2)3/h10-13H,5-9,15H2,1-4H3/t11?,12?,13-/m0/s1.